The molecule has 1 heterocycles. The highest BCUT2D eigenvalue weighted by Crippen LogP contribution is 2.36. The predicted octanol–water partition coefficient (Wildman–Crippen LogP) is 1.93. The number of rotatable bonds is 7. The van der Waals surface area contributed by atoms with E-state index in [0.717, 1.165) is 18.4 Å². The molecule has 1 aliphatic rings. The van der Waals surface area contributed by atoms with E-state index in [4.69, 9.17) is 4.74 Å². The quantitative estimate of drug-likeness (QED) is 0.754. The number of piperidine rings is 1. The van der Waals surface area contributed by atoms with Crippen LogP contribution in [0.2, 0.25) is 0 Å². The number of aryl methyl sites for hydroxylation is 1. The Bertz CT molecular complexity index is 632. The summed E-state index contributed by atoms with van der Waals surface area (Å²) in [4.78, 5) is 37.9. The number of carbonyl (C=O) groups is 3. The molecule has 26 heavy (non-hydrogen) atoms. The molecule has 0 spiro atoms. The Morgan fingerprint density at radius 1 is 1.23 bits per heavy atom. The van der Waals surface area contributed by atoms with Gasteiger partial charge in [0.05, 0.1) is 18.6 Å². The predicted molar refractivity (Wildman–Crippen MR) is 98.3 cm³/mol. The van der Waals surface area contributed by atoms with Gasteiger partial charge in [0.25, 0.3) is 0 Å². The van der Waals surface area contributed by atoms with Gasteiger partial charge in [-0.1, -0.05) is 30.3 Å². The van der Waals surface area contributed by atoms with Crippen LogP contribution in [0.4, 0.5) is 0 Å². The second kappa shape index (κ2) is 9.36. The molecule has 1 N–H and O–H groups in total. The van der Waals surface area contributed by atoms with Crippen LogP contribution < -0.4 is 5.32 Å². The maximum atomic E-state index is 12.7. The number of likely N-dealkylation sites (tertiary alicyclic amines) is 1. The molecule has 1 saturated heterocycles. The lowest BCUT2D eigenvalue weighted by molar-refractivity contribution is -0.161. The van der Waals surface area contributed by atoms with Gasteiger partial charge in [0.15, 0.2) is 0 Å². The molecule has 1 aliphatic heterocycles. The molecule has 6 heteroatoms. The van der Waals surface area contributed by atoms with Crippen LogP contribution in [0.5, 0.6) is 0 Å². The third-order valence-electron chi connectivity index (χ3n) is 4.86. The summed E-state index contributed by atoms with van der Waals surface area (Å²) in [5.74, 6) is -0.627. The summed E-state index contributed by atoms with van der Waals surface area (Å²) in [6.45, 7) is 4.41. The van der Waals surface area contributed by atoms with E-state index in [1.165, 1.54) is 6.92 Å². The molecule has 0 saturated carbocycles. The average Bonchev–Trinajstić information content (AvgIpc) is 2.65. The lowest BCUT2D eigenvalue weighted by Gasteiger charge is -2.41. The standard InChI is InChI=1S/C20H28N2O4/c1-3-26-19(25)20(12-10-17-8-5-4-6-9-17)11-7-13-22(15-20)18(24)14-21-16(2)23/h4-6,8-9H,3,7,10-15H2,1-2H3,(H,21,23). The molecule has 1 aromatic carbocycles. The first-order chi connectivity index (χ1) is 12.5. The fourth-order valence-electron chi connectivity index (χ4n) is 3.44. The third kappa shape index (κ3) is 5.31. The molecule has 2 amide bonds. The molecule has 2 rings (SSSR count). The number of amides is 2. The minimum absolute atomic E-state index is 0.0348. The number of carbonyl (C=O) groups excluding carboxylic acids is 3. The van der Waals surface area contributed by atoms with E-state index in [2.05, 4.69) is 5.32 Å². The largest absolute Gasteiger partial charge is 0.466 e. The second-order valence-electron chi connectivity index (χ2n) is 6.81. The minimum Gasteiger partial charge on any atom is -0.466 e. The van der Waals surface area contributed by atoms with Crippen molar-refractivity contribution in [3.8, 4) is 0 Å². The second-order valence-corrected chi connectivity index (χ2v) is 6.81. The molecule has 1 unspecified atom stereocenters. The van der Waals surface area contributed by atoms with Gasteiger partial charge in [-0.05, 0) is 38.2 Å². The minimum atomic E-state index is -0.685. The van der Waals surface area contributed by atoms with E-state index in [1.807, 2.05) is 30.3 Å². The maximum absolute atomic E-state index is 12.7. The SMILES string of the molecule is CCOC(=O)C1(CCc2ccccc2)CCCN(C(=O)CNC(C)=O)C1. The van der Waals surface area contributed by atoms with E-state index in [1.54, 1.807) is 11.8 Å². The molecule has 1 aromatic rings. The van der Waals surface area contributed by atoms with Crippen LogP contribution in [0.1, 0.15) is 38.7 Å². The van der Waals surface area contributed by atoms with Gasteiger partial charge in [0.1, 0.15) is 0 Å². The van der Waals surface area contributed by atoms with Crippen molar-refractivity contribution in [1.82, 2.24) is 10.2 Å². The van der Waals surface area contributed by atoms with Gasteiger partial charge in [0, 0.05) is 20.0 Å². The van der Waals surface area contributed by atoms with Gasteiger partial charge in [-0.25, -0.2) is 0 Å². The Hall–Kier alpha value is -2.37. The Balaban J connectivity index is 2.10. The lowest BCUT2D eigenvalue weighted by Crippen LogP contribution is -2.52. The van der Waals surface area contributed by atoms with Crippen molar-refractivity contribution >= 4 is 17.8 Å². The lowest BCUT2D eigenvalue weighted by atomic mass is 9.75. The molecule has 6 nitrogen and oxygen atoms in total. The Morgan fingerprint density at radius 2 is 1.96 bits per heavy atom. The number of nitrogens with zero attached hydrogens (tertiary/aromatic N) is 1. The van der Waals surface area contributed by atoms with Crippen LogP contribution >= 0.6 is 0 Å². The first kappa shape index (κ1) is 19.9. The van der Waals surface area contributed by atoms with E-state index < -0.39 is 5.41 Å². The molecule has 142 valence electrons. The molecular formula is C20H28N2O4. The monoisotopic (exact) mass is 360 g/mol. The highest BCUT2D eigenvalue weighted by Gasteiger charge is 2.44. The molecule has 0 aromatic heterocycles. The molecule has 0 radical (unpaired) electrons. The summed E-state index contributed by atoms with van der Waals surface area (Å²) >= 11 is 0. The summed E-state index contributed by atoms with van der Waals surface area (Å²) in [6.07, 6.45) is 2.86. The normalized spacial score (nSPS) is 19.7. The van der Waals surface area contributed by atoms with Crippen molar-refractivity contribution in [2.45, 2.75) is 39.5 Å². The van der Waals surface area contributed by atoms with E-state index >= 15 is 0 Å². The van der Waals surface area contributed by atoms with Crippen molar-refractivity contribution in [3.05, 3.63) is 35.9 Å². The van der Waals surface area contributed by atoms with Gasteiger partial charge < -0.3 is 15.0 Å². The molecule has 0 aliphatic carbocycles. The highest BCUT2D eigenvalue weighted by molar-refractivity contribution is 5.85. The van der Waals surface area contributed by atoms with Crippen LogP contribution in [-0.4, -0.2) is 48.9 Å². The summed E-state index contributed by atoms with van der Waals surface area (Å²) in [7, 11) is 0. The molecule has 0 bridgehead atoms. The molecule has 1 atom stereocenters. The topological polar surface area (TPSA) is 75.7 Å². The number of nitrogens with one attached hydrogen (secondary N) is 1. The maximum Gasteiger partial charge on any atom is 0.313 e. The van der Waals surface area contributed by atoms with Gasteiger partial charge in [-0.2, -0.15) is 0 Å². The van der Waals surface area contributed by atoms with Crippen molar-refractivity contribution in [2.24, 2.45) is 5.41 Å². The fraction of sp³-hybridized carbons (Fsp3) is 0.550. The third-order valence-corrected chi connectivity index (χ3v) is 4.86. The van der Waals surface area contributed by atoms with E-state index in [9.17, 15) is 14.4 Å². The van der Waals surface area contributed by atoms with Crippen molar-refractivity contribution in [2.75, 3.05) is 26.2 Å². The summed E-state index contributed by atoms with van der Waals surface area (Å²) in [5, 5.41) is 2.54. The number of hydrogen-bond donors (Lipinski definition) is 1. The fourth-order valence-corrected chi connectivity index (χ4v) is 3.44. The molecular weight excluding hydrogens is 332 g/mol. The van der Waals surface area contributed by atoms with Gasteiger partial charge in [-0.3, -0.25) is 14.4 Å². The highest BCUT2D eigenvalue weighted by atomic mass is 16.5. The number of benzene rings is 1. The Labute approximate surface area is 154 Å². The van der Waals surface area contributed by atoms with Crippen LogP contribution in [0.3, 0.4) is 0 Å². The zero-order valence-corrected chi connectivity index (χ0v) is 15.6. The Kier molecular flexibility index (Phi) is 7.18. The zero-order valence-electron chi connectivity index (χ0n) is 15.6. The average molecular weight is 360 g/mol. The molecule has 1 fully saturated rings. The van der Waals surface area contributed by atoms with Gasteiger partial charge >= 0.3 is 5.97 Å². The number of hydrogen-bond acceptors (Lipinski definition) is 4. The summed E-state index contributed by atoms with van der Waals surface area (Å²) < 4.78 is 5.35. The summed E-state index contributed by atoms with van der Waals surface area (Å²) in [6, 6.07) is 10.0. The van der Waals surface area contributed by atoms with Gasteiger partial charge in [0.2, 0.25) is 11.8 Å². The van der Waals surface area contributed by atoms with Gasteiger partial charge in [-0.15, -0.1) is 0 Å². The van der Waals surface area contributed by atoms with Crippen LogP contribution in [-0.2, 0) is 25.5 Å². The Morgan fingerprint density at radius 3 is 2.62 bits per heavy atom. The van der Waals surface area contributed by atoms with E-state index in [0.29, 0.717) is 32.5 Å². The van der Waals surface area contributed by atoms with Crippen molar-refractivity contribution < 1.29 is 19.1 Å². The number of ether oxygens (including phenoxy) is 1. The van der Waals surface area contributed by atoms with Crippen LogP contribution in [0.15, 0.2) is 30.3 Å². The number of esters is 1. The first-order valence-corrected chi connectivity index (χ1v) is 9.20. The van der Waals surface area contributed by atoms with Crippen molar-refractivity contribution in [1.29, 1.82) is 0 Å². The van der Waals surface area contributed by atoms with E-state index in [-0.39, 0.29) is 24.3 Å². The van der Waals surface area contributed by atoms with Crippen LogP contribution in [0, 0.1) is 5.41 Å². The smallest absolute Gasteiger partial charge is 0.313 e. The summed E-state index contributed by atoms with van der Waals surface area (Å²) in [5.41, 5.74) is 0.480. The zero-order chi connectivity index (χ0) is 19.0. The van der Waals surface area contributed by atoms with Crippen molar-refractivity contribution in [3.63, 3.8) is 0 Å². The first-order valence-electron chi connectivity index (χ1n) is 9.20. The van der Waals surface area contributed by atoms with Crippen LogP contribution in [0.25, 0.3) is 0 Å².